The number of nitrogens with one attached hydrogen (secondary N) is 1. The molecule has 0 radical (unpaired) electrons. The molecular formula is C24H33N3O2. The molecule has 0 aliphatic carbocycles. The van der Waals surface area contributed by atoms with Crippen molar-refractivity contribution in [3.8, 4) is 5.75 Å². The number of carbonyl (C=O) groups excluding carboxylic acids is 1. The largest absolute Gasteiger partial charge is 0.508 e. The Morgan fingerprint density at radius 2 is 1.59 bits per heavy atom. The van der Waals surface area contributed by atoms with Crippen LogP contribution in [0.1, 0.15) is 37.9 Å². The smallest absolute Gasteiger partial charge is 0.234 e. The number of aromatic hydroxyl groups is 1. The molecule has 1 fully saturated rings. The van der Waals surface area contributed by atoms with Gasteiger partial charge < -0.3 is 15.3 Å². The number of phenolic OH excluding ortho intramolecular Hbond substituents is 1. The lowest BCUT2D eigenvalue weighted by molar-refractivity contribution is -0.123. The summed E-state index contributed by atoms with van der Waals surface area (Å²) in [5.41, 5.74) is 3.60. The van der Waals surface area contributed by atoms with Crippen molar-refractivity contribution in [1.82, 2.24) is 10.2 Å². The fourth-order valence-electron chi connectivity index (χ4n) is 3.81. The van der Waals surface area contributed by atoms with Crippen LogP contribution in [-0.4, -0.2) is 48.6 Å². The normalized spacial score (nSPS) is 16.1. The molecule has 1 atom stereocenters. The second kappa shape index (κ2) is 9.79. The molecular weight excluding hydrogens is 362 g/mol. The van der Waals surface area contributed by atoms with Gasteiger partial charge in [0.1, 0.15) is 5.75 Å². The molecule has 1 aliphatic rings. The van der Waals surface area contributed by atoms with E-state index in [1.807, 2.05) is 19.1 Å². The maximum absolute atomic E-state index is 12.5. The van der Waals surface area contributed by atoms with Crippen molar-refractivity contribution in [2.24, 2.45) is 5.92 Å². The third-order valence-corrected chi connectivity index (χ3v) is 5.46. The molecule has 1 amide bonds. The number of amides is 1. The number of carbonyl (C=O) groups is 1. The zero-order valence-corrected chi connectivity index (χ0v) is 17.8. The van der Waals surface area contributed by atoms with Gasteiger partial charge in [-0.2, -0.15) is 0 Å². The minimum absolute atomic E-state index is 0.00823. The summed E-state index contributed by atoms with van der Waals surface area (Å²) in [5, 5.41) is 12.6. The van der Waals surface area contributed by atoms with Gasteiger partial charge in [-0.05, 0) is 54.7 Å². The second-order valence-corrected chi connectivity index (χ2v) is 8.41. The molecule has 5 heteroatoms. The van der Waals surface area contributed by atoms with Crippen molar-refractivity contribution in [1.29, 1.82) is 0 Å². The lowest BCUT2D eigenvalue weighted by atomic mass is 10.00. The first kappa shape index (κ1) is 21.2. The first-order valence-corrected chi connectivity index (χ1v) is 10.5. The molecule has 0 bridgehead atoms. The zero-order chi connectivity index (χ0) is 20.8. The molecule has 1 unspecified atom stereocenters. The van der Waals surface area contributed by atoms with Crippen molar-refractivity contribution < 1.29 is 9.90 Å². The van der Waals surface area contributed by atoms with Crippen molar-refractivity contribution in [3.63, 3.8) is 0 Å². The molecule has 1 heterocycles. The highest BCUT2D eigenvalue weighted by Crippen LogP contribution is 2.20. The molecule has 156 valence electrons. The van der Waals surface area contributed by atoms with Gasteiger partial charge in [-0.3, -0.25) is 9.69 Å². The van der Waals surface area contributed by atoms with E-state index in [0.29, 0.717) is 12.5 Å². The van der Waals surface area contributed by atoms with Crippen molar-refractivity contribution in [3.05, 3.63) is 59.7 Å². The molecule has 5 nitrogen and oxygen atoms in total. The van der Waals surface area contributed by atoms with Crippen LogP contribution in [0.5, 0.6) is 5.75 Å². The first-order valence-electron chi connectivity index (χ1n) is 10.5. The molecule has 3 rings (SSSR count). The Morgan fingerprint density at radius 3 is 2.17 bits per heavy atom. The number of nitrogens with zero attached hydrogens (tertiary/aromatic N) is 2. The fraction of sp³-hybridized carbons (Fsp3) is 0.458. The fourth-order valence-corrected chi connectivity index (χ4v) is 3.81. The van der Waals surface area contributed by atoms with Gasteiger partial charge in [0.05, 0.1) is 12.6 Å². The number of hydrogen-bond donors (Lipinski definition) is 2. The van der Waals surface area contributed by atoms with E-state index in [4.69, 9.17) is 0 Å². The van der Waals surface area contributed by atoms with Gasteiger partial charge in [0, 0.05) is 31.9 Å². The second-order valence-electron chi connectivity index (χ2n) is 8.41. The van der Waals surface area contributed by atoms with Crippen LogP contribution in [-0.2, 0) is 11.2 Å². The van der Waals surface area contributed by atoms with Gasteiger partial charge in [-0.25, -0.2) is 0 Å². The van der Waals surface area contributed by atoms with E-state index in [-0.39, 0.29) is 17.7 Å². The van der Waals surface area contributed by atoms with E-state index in [9.17, 15) is 9.90 Å². The van der Waals surface area contributed by atoms with Crippen LogP contribution in [0.4, 0.5) is 5.69 Å². The lowest BCUT2D eigenvalue weighted by Crippen LogP contribution is -2.49. The standard InChI is InChI=1S/C24H33N3O2/c1-18(2)16-20-4-6-21(7-5-20)19(3)25-24(29)17-26-12-14-27(15-13-26)22-8-10-23(28)11-9-22/h4-11,18-19,28H,12-17H2,1-3H3,(H,25,29). The molecule has 2 aromatic carbocycles. The van der Waals surface area contributed by atoms with Crippen molar-refractivity contribution in [2.45, 2.75) is 33.2 Å². The van der Waals surface area contributed by atoms with E-state index in [2.05, 4.69) is 53.2 Å². The SMILES string of the molecule is CC(C)Cc1ccc(C(C)NC(=O)CN2CCN(c3ccc(O)cc3)CC2)cc1. The summed E-state index contributed by atoms with van der Waals surface area (Å²) in [7, 11) is 0. The summed E-state index contributed by atoms with van der Waals surface area (Å²) in [6.07, 6.45) is 1.08. The molecule has 29 heavy (non-hydrogen) atoms. The van der Waals surface area contributed by atoms with Crippen LogP contribution >= 0.6 is 0 Å². The summed E-state index contributed by atoms with van der Waals surface area (Å²) >= 11 is 0. The topological polar surface area (TPSA) is 55.8 Å². The summed E-state index contributed by atoms with van der Waals surface area (Å²) in [6.45, 7) is 10.4. The van der Waals surface area contributed by atoms with E-state index in [1.54, 1.807) is 12.1 Å². The third kappa shape index (κ3) is 6.23. The summed E-state index contributed by atoms with van der Waals surface area (Å²) in [4.78, 5) is 17.0. The average Bonchev–Trinajstić information content (AvgIpc) is 2.69. The van der Waals surface area contributed by atoms with Gasteiger partial charge in [-0.1, -0.05) is 38.1 Å². The number of rotatable bonds is 7. The maximum atomic E-state index is 12.5. The molecule has 2 aromatic rings. The number of hydrogen-bond acceptors (Lipinski definition) is 4. The zero-order valence-electron chi connectivity index (χ0n) is 17.8. The summed E-state index contributed by atoms with van der Waals surface area (Å²) in [5.74, 6) is 1.00. The van der Waals surface area contributed by atoms with Crippen LogP contribution < -0.4 is 10.2 Å². The van der Waals surface area contributed by atoms with Crippen LogP contribution in [0, 0.1) is 5.92 Å². The lowest BCUT2D eigenvalue weighted by Gasteiger charge is -2.35. The highest BCUT2D eigenvalue weighted by atomic mass is 16.3. The van der Waals surface area contributed by atoms with Crippen molar-refractivity contribution >= 4 is 11.6 Å². The third-order valence-electron chi connectivity index (χ3n) is 5.46. The summed E-state index contributed by atoms with van der Waals surface area (Å²) in [6, 6.07) is 15.9. The monoisotopic (exact) mass is 395 g/mol. The predicted molar refractivity (Wildman–Crippen MR) is 118 cm³/mol. The highest BCUT2D eigenvalue weighted by molar-refractivity contribution is 5.78. The molecule has 1 saturated heterocycles. The minimum Gasteiger partial charge on any atom is -0.508 e. The van der Waals surface area contributed by atoms with Gasteiger partial charge in [-0.15, -0.1) is 0 Å². The predicted octanol–water partition coefficient (Wildman–Crippen LogP) is 3.59. The van der Waals surface area contributed by atoms with E-state index < -0.39 is 0 Å². The first-order chi connectivity index (χ1) is 13.9. The number of phenols is 1. The van der Waals surface area contributed by atoms with Crippen LogP contribution in [0.2, 0.25) is 0 Å². The van der Waals surface area contributed by atoms with Crippen LogP contribution in [0.25, 0.3) is 0 Å². The Bertz CT molecular complexity index is 779. The van der Waals surface area contributed by atoms with Crippen molar-refractivity contribution in [2.75, 3.05) is 37.6 Å². The Labute approximate surface area is 174 Å². The van der Waals surface area contributed by atoms with E-state index >= 15 is 0 Å². The number of anilines is 1. The average molecular weight is 396 g/mol. The minimum atomic E-state index is 0.00823. The molecule has 1 aliphatic heterocycles. The van der Waals surface area contributed by atoms with Gasteiger partial charge >= 0.3 is 0 Å². The highest BCUT2D eigenvalue weighted by Gasteiger charge is 2.20. The van der Waals surface area contributed by atoms with Crippen LogP contribution in [0.3, 0.4) is 0 Å². The number of piperazine rings is 1. The van der Waals surface area contributed by atoms with Gasteiger partial charge in [0.25, 0.3) is 0 Å². The quantitative estimate of drug-likeness (QED) is 0.752. The Balaban J connectivity index is 1.44. The van der Waals surface area contributed by atoms with Gasteiger partial charge in [0.15, 0.2) is 0 Å². The van der Waals surface area contributed by atoms with Crippen LogP contribution in [0.15, 0.2) is 48.5 Å². The number of benzene rings is 2. The van der Waals surface area contributed by atoms with Gasteiger partial charge in [0.2, 0.25) is 5.91 Å². The van der Waals surface area contributed by atoms with E-state index in [1.165, 1.54) is 5.56 Å². The Hall–Kier alpha value is -2.53. The molecule has 0 spiro atoms. The summed E-state index contributed by atoms with van der Waals surface area (Å²) < 4.78 is 0. The molecule has 2 N–H and O–H groups in total. The maximum Gasteiger partial charge on any atom is 0.234 e. The molecule has 0 saturated carbocycles. The Kier molecular flexibility index (Phi) is 7.15. The van der Waals surface area contributed by atoms with E-state index in [0.717, 1.165) is 43.9 Å². The Morgan fingerprint density at radius 1 is 0.966 bits per heavy atom. The molecule has 0 aromatic heterocycles.